The third-order valence-electron chi connectivity index (χ3n) is 4.96. The number of aromatic nitrogens is 3. The molecule has 0 bridgehead atoms. The molecule has 1 amide bonds. The van der Waals surface area contributed by atoms with Crippen LogP contribution in [-0.4, -0.2) is 39.5 Å². The number of hydrogen-bond donors (Lipinski definition) is 3. The molecule has 154 valence electrons. The van der Waals surface area contributed by atoms with Gasteiger partial charge in [0, 0.05) is 11.6 Å². The van der Waals surface area contributed by atoms with Crippen molar-refractivity contribution in [3.8, 4) is 11.4 Å². The number of aryl methyl sites for hydroxylation is 1. The first-order chi connectivity index (χ1) is 14.5. The quantitative estimate of drug-likeness (QED) is 0.416. The molecule has 9 nitrogen and oxygen atoms in total. The number of carbonyl (C=O) groups excluding carboxylic acids is 1. The van der Waals surface area contributed by atoms with Gasteiger partial charge >= 0.3 is 0 Å². The molecule has 2 heterocycles. The zero-order chi connectivity index (χ0) is 21.4. The predicted octanol–water partition coefficient (Wildman–Crippen LogP) is 2.04. The van der Waals surface area contributed by atoms with Gasteiger partial charge in [-0.1, -0.05) is 18.2 Å². The third kappa shape index (κ3) is 3.10. The van der Waals surface area contributed by atoms with Gasteiger partial charge in [-0.25, -0.2) is 9.97 Å². The summed E-state index contributed by atoms with van der Waals surface area (Å²) in [6.45, 7) is 1.66. The fourth-order valence-corrected chi connectivity index (χ4v) is 3.51. The Labute approximate surface area is 171 Å². The van der Waals surface area contributed by atoms with Crippen molar-refractivity contribution in [2.24, 2.45) is 5.73 Å². The fraction of sp³-hybridized carbons (Fsp3) is 0.190. The number of para-hydroxylation sites is 1. The number of amides is 1. The summed E-state index contributed by atoms with van der Waals surface area (Å²) in [5.74, 6) is 0.0887. The molecule has 0 atom stereocenters. The van der Waals surface area contributed by atoms with Gasteiger partial charge in [-0.15, -0.1) is 0 Å². The Hall–Kier alpha value is -3.69. The third-order valence-corrected chi connectivity index (χ3v) is 4.96. The van der Waals surface area contributed by atoms with Crippen LogP contribution in [0.2, 0.25) is 0 Å². The highest BCUT2D eigenvalue weighted by Gasteiger charge is 2.24. The summed E-state index contributed by atoms with van der Waals surface area (Å²) in [6, 6.07) is 10.9. The van der Waals surface area contributed by atoms with E-state index in [-0.39, 0.29) is 18.0 Å². The molecule has 5 N–H and O–H groups in total. The summed E-state index contributed by atoms with van der Waals surface area (Å²) >= 11 is 0. The molecule has 2 aromatic carbocycles. The molecule has 30 heavy (non-hydrogen) atoms. The first-order valence-corrected chi connectivity index (χ1v) is 9.19. The molecule has 0 unspecified atom stereocenters. The predicted molar refractivity (Wildman–Crippen MR) is 112 cm³/mol. The van der Waals surface area contributed by atoms with Crippen molar-refractivity contribution in [2.75, 3.05) is 19.6 Å². The molecule has 0 aliphatic heterocycles. The first kappa shape index (κ1) is 19.6. The number of fused-ring (bicyclic) bond motifs is 2. The van der Waals surface area contributed by atoms with Gasteiger partial charge in [0.2, 0.25) is 0 Å². The molecule has 0 aliphatic rings. The van der Waals surface area contributed by atoms with Crippen molar-refractivity contribution >= 4 is 33.9 Å². The van der Waals surface area contributed by atoms with Crippen LogP contribution in [0.1, 0.15) is 21.5 Å². The summed E-state index contributed by atoms with van der Waals surface area (Å²) in [4.78, 5) is 21.6. The highest BCUT2D eigenvalue weighted by molar-refractivity contribution is 6.10. The fourth-order valence-electron chi connectivity index (χ4n) is 3.51. The van der Waals surface area contributed by atoms with E-state index in [4.69, 9.17) is 31.0 Å². The minimum Gasteiger partial charge on any atom is -0.497 e. The van der Waals surface area contributed by atoms with Crippen LogP contribution >= 0.6 is 0 Å². The lowest BCUT2D eigenvalue weighted by molar-refractivity contribution is -0.0108. The van der Waals surface area contributed by atoms with Crippen LogP contribution < -0.4 is 16.2 Å². The number of methoxy groups -OCH3 is 1. The van der Waals surface area contributed by atoms with E-state index in [1.165, 1.54) is 0 Å². The SMILES string of the molecule is COc1ccc(C)c(-n2c(N)c(C(N)=O)c3nc4cccc(COCO)c4nc32)c1. The van der Waals surface area contributed by atoms with Crippen molar-refractivity contribution < 1.29 is 19.4 Å². The molecule has 0 aliphatic carbocycles. The number of rotatable bonds is 6. The Morgan fingerprint density at radius 3 is 2.70 bits per heavy atom. The molecule has 9 heteroatoms. The molecule has 0 fully saturated rings. The normalized spacial score (nSPS) is 11.3. The second kappa shape index (κ2) is 7.62. The highest BCUT2D eigenvalue weighted by Crippen LogP contribution is 2.33. The van der Waals surface area contributed by atoms with E-state index in [9.17, 15) is 4.79 Å². The summed E-state index contributed by atoms with van der Waals surface area (Å²) in [5.41, 5.74) is 16.3. The van der Waals surface area contributed by atoms with Crippen molar-refractivity contribution in [1.82, 2.24) is 14.5 Å². The monoisotopic (exact) mass is 407 g/mol. The van der Waals surface area contributed by atoms with Crippen molar-refractivity contribution in [1.29, 1.82) is 0 Å². The second-order valence-electron chi connectivity index (χ2n) is 6.77. The summed E-state index contributed by atoms with van der Waals surface area (Å²) in [6.07, 6.45) is 0. The number of carbonyl (C=O) groups is 1. The lowest BCUT2D eigenvalue weighted by atomic mass is 10.1. The molecule has 4 aromatic rings. The Morgan fingerprint density at radius 1 is 1.20 bits per heavy atom. The van der Waals surface area contributed by atoms with Gasteiger partial charge < -0.3 is 26.0 Å². The standard InChI is InChI=1S/C21H21N5O4/c1-11-6-7-13(29-2)8-15(11)26-19(22)16(20(23)28)18-21(26)25-17-12(9-30-10-27)4-3-5-14(17)24-18/h3-8,27H,9-10,22H2,1-2H3,(H2,23,28). The number of nitrogen functional groups attached to an aromatic ring is 1. The number of aliphatic hydroxyl groups excluding tert-OH is 1. The number of nitrogens with two attached hydrogens (primary N) is 2. The van der Waals surface area contributed by atoms with Gasteiger partial charge in [-0.05, 0) is 24.6 Å². The summed E-state index contributed by atoms with van der Waals surface area (Å²) in [5, 5.41) is 9.00. The Kier molecular flexibility index (Phi) is 4.98. The number of aliphatic hydroxyl groups is 1. The van der Waals surface area contributed by atoms with Gasteiger partial charge in [-0.2, -0.15) is 0 Å². The maximum absolute atomic E-state index is 12.2. The number of hydrogen-bond acceptors (Lipinski definition) is 7. The number of primary amides is 1. The molecule has 0 saturated heterocycles. The zero-order valence-corrected chi connectivity index (χ0v) is 16.5. The van der Waals surface area contributed by atoms with Crippen LogP contribution in [0.15, 0.2) is 36.4 Å². The molecule has 0 radical (unpaired) electrons. The van der Waals surface area contributed by atoms with Crippen molar-refractivity contribution in [3.63, 3.8) is 0 Å². The Bertz CT molecular complexity index is 1280. The van der Waals surface area contributed by atoms with E-state index in [1.54, 1.807) is 23.8 Å². The number of ether oxygens (including phenoxy) is 2. The second-order valence-corrected chi connectivity index (χ2v) is 6.77. The van der Waals surface area contributed by atoms with Crippen LogP contribution in [0.5, 0.6) is 5.75 Å². The van der Waals surface area contributed by atoms with Crippen molar-refractivity contribution in [3.05, 3.63) is 53.1 Å². The van der Waals surface area contributed by atoms with E-state index in [2.05, 4.69) is 4.98 Å². The Morgan fingerprint density at radius 2 is 2.00 bits per heavy atom. The van der Waals surface area contributed by atoms with Crippen LogP contribution in [0.25, 0.3) is 27.9 Å². The van der Waals surface area contributed by atoms with Crippen LogP contribution in [-0.2, 0) is 11.3 Å². The van der Waals surface area contributed by atoms with Gasteiger partial charge in [0.05, 0.1) is 30.4 Å². The lowest BCUT2D eigenvalue weighted by Crippen LogP contribution is -2.14. The molecular weight excluding hydrogens is 386 g/mol. The van der Waals surface area contributed by atoms with E-state index >= 15 is 0 Å². The molecular formula is C21H21N5O4. The van der Waals surface area contributed by atoms with E-state index < -0.39 is 12.7 Å². The van der Waals surface area contributed by atoms with Crippen LogP contribution in [0.3, 0.4) is 0 Å². The largest absolute Gasteiger partial charge is 0.497 e. The van der Waals surface area contributed by atoms with E-state index in [1.807, 2.05) is 31.2 Å². The van der Waals surface area contributed by atoms with Crippen LogP contribution in [0.4, 0.5) is 5.82 Å². The smallest absolute Gasteiger partial charge is 0.254 e. The van der Waals surface area contributed by atoms with Gasteiger partial charge in [-0.3, -0.25) is 9.36 Å². The van der Waals surface area contributed by atoms with Gasteiger partial charge in [0.15, 0.2) is 5.65 Å². The lowest BCUT2D eigenvalue weighted by Gasteiger charge is -2.13. The number of benzene rings is 2. The molecule has 0 saturated carbocycles. The Balaban J connectivity index is 2.10. The van der Waals surface area contributed by atoms with Gasteiger partial charge in [0.25, 0.3) is 5.91 Å². The minimum absolute atomic E-state index is 0.110. The number of nitrogens with zero attached hydrogens (tertiary/aromatic N) is 3. The zero-order valence-electron chi connectivity index (χ0n) is 16.5. The van der Waals surface area contributed by atoms with E-state index in [0.717, 1.165) is 11.1 Å². The summed E-state index contributed by atoms with van der Waals surface area (Å²) in [7, 11) is 1.57. The average Bonchev–Trinajstić information content (AvgIpc) is 3.02. The maximum Gasteiger partial charge on any atom is 0.254 e. The van der Waals surface area contributed by atoms with Crippen LogP contribution in [0, 0.1) is 6.92 Å². The molecule has 4 rings (SSSR count). The number of anilines is 1. The van der Waals surface area contributed by atoms with E-state index in [0.29, 0.717) is 33.6 Å². The molecule has 2 aromatic heterocycles. The summed E-state index contributed by atoms with van der Waals surface area (Å²) < 4.78 is 12.1. The highest BCUT2D eigenvalue weighted by atomic mass is 16.6. The average molecular weight is 407 g/mol. The van der Waals surface area contributed by atoms with Crippen molar-refractivity contribution in [2.45, 2.75) is 13.5 Å². The van der Waals surface area contributed by atoms with Gasteiger partial charge in [0.1, 0.15) is 29.4 Å². The topological polar surface area (TPSA) is 139 Å². The minimum atomic E-state index is -0.690. The maximum atomic E-state index is 12.2. The first-order valence-electron chi connectivity index (χ1n) is 9.19. The molecule has 0 spiro atoms.